The molecule has 0 aromatic heterocycles. The van der Waals surface area contributed by atoms with E-state index in [0.717, 1.165) is 19.3 Å². The molecule has 0 radical (unpaired) electrons. The lowest BCUT2D eigenvalue weighted by Crippen LogP contribution is -2.41. The Hall–Kier alpha value is -1.52. The van der Waals surface area contributed by atoms with Crippen LogP contribution in [0.2, 0.25) is 0 Å². The van der Waals surface area contributed by atoms with E-state index in [4.69, 9.17) is 9.47 Å². The van der Waals surface area contributed by atoms with Crippen molar-refractivity contribution in [3.05, 3.63) is 12.7 Å². The van der Waals surface area contributed by atoms with E-state index >= 15 is 0 Å². The highest BCUT2D eigenvalue weighted by molar-refractivity contribution is 5.82. The highest BCUT2D eigenvalue weighted by Gasteiger charge is 2.36. The average molecular weight is 325 g/mol. The smallest absolute Gasteiger partial charge is 0.410 e. The molecule has 1 atom stereocenters. The Bertz CT molecular complexity index is 370. The number of carbonyl (C=O) groups is 2. The van der Waals surface area contributed by atoms with Gasteiger partial charge in [0.15, 0.2) is 0 Å². The third kappa shape index (κ3) is 7.53. The van der Waals surface area contributed by atoms with Gasteiger partial charge in [0.05, 0.1) is 6.61 Å². The Kier molecular flexibility index (Phi) is 10.2. The molecular weight excluding hydrogens is 294 g/mol. The lowest BCUT2D eigenvalue weighted by atomic mass is 10.1. The van der Waals surface area contributed by atoms with Gasteiger partial charge in [-0.15, -0.1) is 0 Å². The molecule has 5 heteroatoms. The van der Waals surface area contributed by atoms with E-state index in [2.05, 4.69) is 13.5 Å². The number of carbonyl (C=O) groups excluding carboxylic acids is 2. The van der Waals surface area contributed by atoms with E-state index in [1.54, 1.807) is 0 Å². The van der Waals surface area contributed by atoms with E-state index in [-0.39, 0.29) is 12.6 Å². The van der Waals surface area contributed by atoms with Crippen molar-refractivity contribution in [3.63, 3.8) is 0 Å². The summed E-state index contributed by atoms with van der Waals surface area (Å²) in [6.07, 6.45) is 10.8. The fourth-order valence-corrected chi connectivity index (χ4v) is 2.77. The molecule has 5 nitrogen and oxygen atoms in total. The summed E-state index contributed by atoms with van der Waals surface area (Å²) in [5, 5.41) is 0. The van der Waals surface area contributed by atoms with Crippen LogP contribution in [-0.4, -0.2) is 42.8 Å². The minimum Gasteiger partial charge on any atom is -0.464 e. The van der Waals surface area contributed by atoms with Gasteiger partial charge < -0.3 is 9.47 Å². The second-order valence-corrected chi connectivity index (χ2v) is 6.01. The van der Waals surface area contributed by atoms with E-state index in [0.29, 0.717) is 19.6 Å². The Morgan fingerprint density at radius 3 is 2.52 bits per heavy atom. The van der Waals surface area contributed by atoms with Gasteiger partial charge in [-0.05, 0) is 19.3 Å². The summed E-state index contributed by atoms with van der Waals surface area (Å²) >= 11 is 0. The van der Waals surface area contributed by atoms with Crippen molar-refractivity contribution in [2.24, 2.45) is 0 Å². The summed E-state index contributed by atoms with van der Waals surface area (Å²) in [5.41, 5.74) is 0. The first kappa shape index (κ1) is 19.5. The van der Waals surface area contributed by atoms with Crippen LogP contribution in [0.25, 0.3) is 0 Å². The largest absolute Gasteiger partial charge is 0.464 e. The zero-order valence-electron chi connectivity index (χ0n) is 14.4. The van der Waals surface area contributed by atoms with Crippen LogP contribution < -0.4 is 0 Å². The summed E-state index contributed by atoms with van der Waals surface area (Å²) in [4.78, 5) is 25.5. The standard InChI is InChI=1S/C18H31NO4/c1-3-5-6-7-8-9-10-15-22-17(20)16-12-11-13-19(16)18(21)23-14-4-2/h4,16H,2-3,5-15H2,1H3. The van der Waals surface area contributed by atoms with Crippen molar-refractivity contribution in [3.8, 4) is 0 Å². The van der Waals surface area contributed by atoms with Crippen LogP contribution >= 0.6 is 0 Å². The topological polar surface area (TPSA) is 55.8 Å². The van der Waals surface area contributed by atoms with Crippen LogP contribution in [-0.2, 0) is 14.3 Å². The Labute approximate surface area is 140 Å². The van der Waals surface area contributed by atoms with Crippen molar-refractivity contribution in [1.82, 2.24) is 4.90 Å². The summed E-state index contributed by atoms with van der Waals surface area (Å²) in [6, 6.07) is -0.489. The third-order valence-corrected chi connectivity index (χ3v) is 4.08. The van der Waals surface area contributed by atoms with E-state index < -0.39 is 12.1 Å². The first-order valence-electron chi connectivity index (χ1n) is 8.91. The molecule has 1 heterocycles. The molecule has 0 aliphatic carbocycles. The number of amides is 1. The molecule has 0 spiro atoms. The molecule has 23 heavy (non-hydrogen) atoms. The number of hydrogen-bond donors (Lipinski definition) is 0. The Morgan fingerprint density at radius 1 is 1.13 bits per heavy atom. The molecule has 1 aliphatic rings. The number of rotatable bonds is 11. The predicted octanol–water partition coefficient (Wildman–Crippen LogP) is 4.07. The van der Waals surface area contributed by atoms with Crippen LogP contribution in [0.3, 0.4) is 0 Å². The lowest BCUT2D eigenvalue weighted by Gasteiger charge is -2.22. The quantitative estimate of drug-likeness (QED) is 0.326. The minimum atomic E-state index is -0.489. The number of likely N-dealkylation sites (tertiary alicyclic amines) is 1. The second-order valence-electron chi connectivity index (χ2n) is 6.01. The van der Waals surface area contributed by atoms with Crippen molar-refractivity contribution >= 4 is 12.1 Å². The SMILES string of the molecule is C=CCOC(=O)N1CCCC1C(=O)OCCCCCCCCC. The molecular formula is C18H31NO4. The van der Waals surface area contributed by atoms with Crippen molar-refractivity contribution < 1.29 is 19.1 Å². The number of esters is 1. The van der Waals surface area contributed by atoms with E-state index in [1.165, 1.54) is 43.1 Å². The molecule has 1 unspecified atom stereocenters. The molecule has 1 amide bonds. The first-order valence-corrected chi connectivity index (χ1v) is 8.91. The van der Waals surface area contributed by atoms with Gasteiger partial charge in [-0.1, -0.05) is 58.1 Å². The Morgan fingerprint density at radius 2 is 1.83 bits per heavy atom. The predicted molar refractivity (Wildman–Crippen MR) is 90.2 cm³/mol. The lowest BCUT2D eigenvalue weighted by molar-refractivity contribution is -0.148. The van der Waals surface area contributed by atoms with Crippen molar-refractivity contribution in [2.45, 2.75) is 70.8 Å². The third-order valence-electron chi connectivity index (χ3n) is 4.08. The van der Waals surface area contributed by atoms with Gasteiger partial charge >= 0.3 is 12.1 Å². The molecule has 1 saturated heterocycles. The van der Waals surface area contributed by atoms with Gasteiger partial charge in [-0.2, -0.15) is 0 Å². The number of hydrogen-bond acceptors (Lipinski definition) is 4. The normalized spacial score (nSPS) is 17.1. The zero-order chi connectivity index (χ0) is 16.9. The van der Waals surface area contributed by atoms with Crippen LogP contribution in [0.15, 0.2) is 12.7 Å². The molecule has 1 fully saturated rings. The van der Waals surface area contributed by atoms with Gasteiger partial charge in [0.1, 0.15) is 12.6 Å². The molecule has 132 valence electrons. The van der Waals surface area contributed by atoms with Crippen LogP contribution in [0.4, 0.5) is 4.79 Å². The number of nitrogens with zero attached hydrogens (tertiary/aromatic N) is 1. The molecule has 0 N–H and O–H groups in total. The van der Waals surface area contributed by atoms with Gasteiger partial charge in [0, 0.05) is 6.54 Å². The molecule has 1 rings (SSSR count). The summed E-state index contributed by atoms with van der Waals surface area (Å²) in [6.45, 7) is 6.87. The maximum Gasteiger partial charge on any atom is 0.410 e. The van der Waals surface area contributed by atoms with Crippen LogP contribution in [0, 0.1) is 0 Å². The maximum atomic E-state index is 12.1. The summed E-state index contributed by atoms with van der Waals surface area (Å²) in [5.74, 6) is -0.302. The second kappa shape index (κ2) is 12.0. The number of unbranched alkanes of at least 4 members (excludes halogenated alkanes) is 6. The van der Waals surface area contributed by atoms with Gasteiger partial charge in [-0.3, -0.25) is 4.90 Å². The van der Waals surface area contributed by atoms with E-state index in [9.17, 15) is 9.59 Å². The Balaban J connectivity index is 2.17. The first-order chi connectivity index (χ1) is 11.2. The fraction of sp³-hybridized carbons (Fsp3) is 0.778. The summed E-state index contributed by atoms with van der Waals surface area (Å²) in [7, 11) is 0. The van der Waals surface area contributed by atoms with E-state index in [1.807, 2.05) is 0 Å². The average Bonchev–Trinajstić information content (AvgIpc) is 3.04. The van der Waals surface area contributed by atoms with Crippen molar-refractivity contribution in [2.75, 3.05) is 19.8 Å². The van der Waals surface area contributed by atoms with Gasteiger partial charge in [0.2, 0.25) is 0 Å². The van der Waals surface area contributed by atoms with Gasteiger partial charge in [-0.25, -0.2) is 9.59 Å². The van der Waals surface area contributed by atoms with Gasteiger partial charge in [0.25, 0.3) is 0 Å². The number of ether oxygens (including phenoxy) is 2. The highest BCUT2D eigenvalue weighted by atomic mass is 16.6. The molecule has 0 aromatic carbocycles. The van der Waals surface area contributed by atoms with Crippen LogP contribution in [0.1, 0.15) is 64.7 Å². The molecule has 0 bridgehead atoms. The van der Waals surface area contributed by atoms with Crippen molar-refractivity contribution in [1.29, 1.82) is 0 Å². The maximum absolute atomic E-state index is 12.1. The molecule has 0 saturated carbocycles. The highest BCUT2D eigenvalue weighted by Crippen LogP contribution is 2.19. The molecule has 1 aliphatic heterocycles. The monoisotopic (exact) mass is 325 g/mol. The fourth-order valence-electron chi connectivity index (χ4n) is 2.77. The minimum absolute atomic E-state index is 0.162. The molecule has 0 aromatic rings. The zero-order valence-corrected chi connectivity index (χ0v) is 14.4. The summed E-state index contributed by atoms with van der Waals surface area (Å²) < 4.78 is 10.3. The van der Waals surface area contributed by atoms with Crippen LogP contribution in [0.5, 0.6) is 0 Å².